The maximum Gasteiger partial charge on any atom is 0.153 e. The van der Waals surface area contributed by atoms with Crippen molar-refractivity contribution >= 4 is 34.4 Å². The van der Waals surface area contributed by atoms with Gasteiger partial charge < -0.3 is 4.57 Å². The Balaban J connectivity index is 1.69. The van der Waals surface area contributed by atoms with Crippen molar-refractivity contribution in [2.24, 2.45) is 4.99 Å². The van der Waals surface area contributed by atoms with E-state index in [9.17, 15) is 0 Å². The number of benzene rings is 5. The van der Waals surface area contributed by atoms with Gasteiger partial charge in [0.25, 0.3) is 0 Å². The fraction of sp³-hybridized carbons (Fsp3) is 0. The highest BCUT2D eigenvalue weighted by Gasteiger charge is 2.17. The van der Waals surface area contributed by atoms with Crippen LogP contribution in [-0.4, -0.2) is 17.1 Å². The van der Waals surface area contributed by atoms with Gasteiger partial charge in [0.2, 0.25) is 0 Å². The number of aromatic nitrogens is 1. The van der Waals surface area contributed by atoms with Gasteiger partial charge in [0.05, 0.1) is 16.7 Å². The first-order chi connectivity index (χ1) is 17.2. The second-order valence-electron chi connectivity index (χ2n) is 8.56. The smallest absolute Gasteiger partial charge is 0.153 e. The molecule has 0 atom stereocenters. The minimum absolute atomic E-state index is 0.164. The third-order valence-corrected chi connectivity index (χ3v) is 6.54. The highest BCUT2D eigenvalue weighted by molar-refractivity contribution is 6.13. The highest BCUT2D eigenvalue weighted by Crippen LogP contribution is 2.37. The summed E-state index contributed by atoms with van der Waals surface area (Å²) in [5, 5.41) is 10.7. The van der Waals surface area contributed by atoms with E-state index in [1.807, 2.05) is 36.4 Å². The van der Waals surface area contributed by atoms with Crippen LogP contribution in [-0.2, 0) is 0 Å². The first kappa shape index (κ1) is 20.8. The van der Waals surface area contributed by atoms with Crippen molar-refractivity contribution in [1.29, 1.82) is 5.41 Å². The number of rotatable bonds is 4. The lowest BCUT2D eigenvalue weighted by molar-refractivity contribution is 1.17. The Bertz CT molecular complexity index is 1610. The molecule has 6 rings (SSSR count). The Morgan fingerprint density at radius 2 is 1.06 bits per heavy atom. The molecule has 0 amide bonds. The number of para-hydroxylation sites is 1. The molecule has 1 N–H and O–H groups in total. The van der Waals surface area contributed by atoms with Crippen LogP contribution in [0.15, 0.2) is 126 Å². The standard InChI is InChI=1S/C32H23N3/c1-34-32(33)26-14-8-9-15-29(26)35-30-18-16-24(22-10-4-2-5-11-22)20-27(30)28-21-25(17-19-31(28)35)23-12-6-3-7-13-23/h2-21,33H,1H2. The first-order valence-corrected chi connectivity index (χ1v) is 11.6. The minimum atomic E-state index is 0.164. The van der Waals surface area contributed by atoms with Crippen LogP contribution in [0, 0.1) is 5.41 Å². The summed E-state index contributed by atoms with van der Waals surface area (Å²) in [6.45, 7) is 3.59. The van der Waals surface area contributed by atoms with E-state index in [1.165, 1.54) is 33.0 Å². The van der Waals surface area contributed by atoms with E-state index in [-0.39, 0.29) is 5.84 Å². The molecule has 166 valence electrons. The van der Waals surface area contributed by atoms with Crippen LogP contribution >= 0.6 is 0 Å². The zero-order valence-corrected chi connectivity index (χ0v) is 19.1. The molecule has 3 heteroatoms. The quantitative estimate of drug-likeness (QED) is 0.208. The molecule has 0 saturated heterocycles. The van der Waals surface area contributed by atoms with Crippen molar-refractivity contribution in [3.63, 3.8) is 0 Å². The van der Waals surface area contributed by atoms with Crippen LogP contribution in [0.4, 0.5) is 0 Å². The average Bonchev–Trinajstić information content (AvgIpc) is 3.26. The molecule has 6 aromatic rings. The van der Waals surface area contributed by atoms with E-state index in [0.717, 1.165) is 22.3 Å². The molecule has 0 radical (unpaired) electrons. The maximum absolute atomic E-state index is 8.39. The van der Waals surface area contributed by atoms with Crippen molar-refractivity contribution in [3.8, 4) is 27.9 Å². The van der Waals surface area contributed by atoms with Crippen molar-refractivity contribution in [1.82, 2.24) is 4.57 Å². The molecule has 0 aliphatic heterocycles. The predicted octanol–water partition coefficient (Wildman–Crippen LogP) is 8.14. The third-order valence-electron chi connectivity index (χ3n) is 6.54. The molecule has 0 aliphatic carbocycles. The minimum Gasteiger partial charge on any atom is -0.309 e. The van der Waals surface area contributed by atoms with Gasteiger partial charge in [-0.15, -0.1) is 0 Å². The Hall–Kier alpha value is -4.76. The zero-order chi connectivity index (χ0) is 23.8. The zero-order valence-electron chi connectivity index (χ0n) is 19.1. The second-order valence-corrected chi connectivity index (χ2v) is 8.56. The van der Waals surface area contributed by atoms with Gasteiger partial charge in [0, 0.05) is 16.3 Å². The third kappa shape index (κ3) is 3.54. The lowest BCUT2D eigenvalue weighted by Crippen LogP contribution is -2.04. The summed E-state index contributed by atoms with van der Waals surface area (Å²) in [4.78, 5) is 3.92. The Morgan fingerprint density at radius 1 is 0.571 bits per heavy atom. The van der Waals surface area contributed by atoms with Gasteiger partial charge in [-0.2, -0.15) is 0 Å². The van der Waals surface area contributed by atoms with Crippen molar-refractivity contribution in [2.75, 3.05) is 0 Å². The number of aliphatic imine (C=N–C) groups is 1. The number of hydrogen-bond acceptors (Lipinski definition) is 1. The van der Waals surface area contributed by atoms with E-state index in [2.05, 4.69) is 101 Å². The van der Waals surface area contributed by atoms with Gasteiger partial charge in [-0.1, -0.05) is 84.9 Å². The van der Waals surface area contributed by atoms with Gasteiger partial charge in [-0.25, -0.2) is 4.99 Å². The summed E-state index contributed by atoms with van der Waals surface area (Å²) in [5.41, 5.74) is 8.58. The fourth-order valence-corrected chi connectivity index (χ4v) is 4.86. The molecule has 1 aromatic heterocycles. The van der Waals surface area contributed by atoms with Crippen LogP contribution in [0.5, 0.6) is 0 Å². The van der Waals surface area contributed by atoms with Crippen molar-refractivity contribution < 1.29 is 0 Å². The van der Waals surface area contributed by atoms with Crippen LogP contribution in [0.25, 0.3) is 49.7 Å². The maximum atomic E-state index is 8.39. The summed E-state index contributed by atoms with van der Waals surface area (Å²) in [5.74, 6) is 0.164. The van der Waals surface area contributed by atoms with Crippen LogP contribution in [0.3, 0.4) is 0 Å². The molecule has 35 heavy (non-hydrogen) atoms. The van der Waals surface area contributed by atoms with Gasteiger partial charge in [0.15, 0.2) is 5.84 Å². The lowest BCUT2D eigenvalue weighted by Gasteiger charge is -2.13. The largest absolute Gasteiger partial charge is 0.309 e. The predicted molar refractivity (Wildman–Crippen MR) is 148 cm³/mol. The Morgan fingerprint density at radius 3 is 1.57 bits per heavy atom. The number of nitrogens with zero attached hydrogens (tertiary/aromatic N) is 2. The summed E-state index contributed by atoms with van der Waals surface area (Å²) in [7, 11) is 0. The molecule has 0 bridgehead atoms. The van der Waals surface area contributed by atoms with Crippen LogP contribution in [0.1, 0.15) is 5.56 Å². The molecule has 5 aromatic carbocycles. The summed E-state index contributed by atoms with van der Waals surface area (Å²) < 4.78 is 2.24. The van der Waals surface area contributed by atoms with Gasteiger partial charge in [-0.3, -0.25) is 5.41 Å². The van der Waals surface area contributed by atoms with E-state index in [4.69, 9.17) is 5.41 Å². The Kier molecular flexibility index (Phi) is 5.08. The molecule has 0 unspecified atom stereocenters. The average molecular weight is 450 g/mol. The normalized spacial score (nSPS) is 11.1. The second kappa shape index (κ2) is 8.54. The number of amidine groups is 1. The van der Waals surface area contributed by atoms with Gasteiger partial charge >= 0.3 is 0 Å². The van der Waals surface area contributed by atoms with Gasteiger partial charge in [-0.05, 0) is 65.4 Å². The first-order valence-electron chi connectivity index (χ1n) is 11.6. The van der Waals surface area contributed by atoms with E-state index in [0.29, 0.717) is 0 Å². The molecule has 0 fully saturated rings. The lowest BCUT2D eigenvalue weighted by atomic mass is 10.0. The van der Waals surface area contributed by atoms with Gasteiger partial charge in [0.1, 0.15) is 0 Å². The molecule has 0 saturated carbocycles. The molecule has 0 spiro atoms. The van der Waals surface area contributed by atoms with Crippen molar-refractivity contribution in [2.45, 2.75) is 0 Å². The summed E-state index contributed by atoms with van der Waals surface area (Å²) >= 11 is 0. The van der Waals surface area contributed by atoms with E-state index >= 15 is 0 Å². The SMILES string of the molecule is C=NC(=N)c1ccccc1-n1c2ccc(-c3ccccc3)cc2c2cc(-c3ccccc3)ccc21. The van der Waals surface area contributed by atoms with Crippen LogP contribution in [0.2, 0.25) is 0 Å². The van der Waals surface area contributed by atoms with E-state index in [1.54, 1.807) is 0 Å². The topological polar surface area (TPSA) is 41.1 Å². The van der Waals surface area contributed by atoms with E-state index < -0.39 is 0 Å². The molecular weight excluding hydrogens is 426 g/mol. The van der Waals surface area contributed by atoms with Crippen molar-refractivity contribution in [3.05, 3.63) is 127 Å². The van der Waals surface area contributed by atoms with Crippen LogP contribution < -0.4 is 0 Å². The monoisotopic (exact) mass is 449 g/mol. The summed E-state index contributed by atoms with van der Waals surface area (Å²) in [6.07, 6.45) is 0. The fourth-order valence-electron chi connectivity index (χ4n) is 4.86. The number of fused-ring (bicyclic) bond motifs is 3. The molecule has 0 aliphatic rings. The highest BCUT2D eigenvalue weighted by atomic mass is 15.0. The summed E-state index contributed by atoms with van der Waals surface area (Å²) in [6, 6.07) is 42.1. The molecule has 3 nitrogen and oxygen atoms in total. The number of nitrogens with one attached hydrogen (secondary N) is 1. The molecule has 1 heterocycles. The Labute approximate surface area is 204 Å². The molecular formula is C32H23N3. The number of hydrogen-bond donors (Lipinski definition) is 1.